The first kappa shape index (κ1) is 21.0. The second-order valence-corrected chi connectivity index (χ2v) is 7.72. The zero-order valence-corrected chi connectivity index (χ0v) is 17.9. The first-order valence-corrected chi connectivity index (χ1v) is 10.7. The molecule has 31 heavy (non-hydrogen) atoms. The van der Waals surface area contributed by atoms with Crippen molar-refractivity contribution in [2.45, 2.75) is 12.5 Å². The van der Waals surface area contributed by atoms with Crippen LogP contribution in [0.5, 0.6) is 5.75 Å². The van der Waals surface area contributed by atoms with Crippen molar-refractivity contribution in [3.8, 4) is 5.75 Å². The molecule has 0 saturated carbocycles. The number of hydrogen-bond donors (Lipinski definition) is 1. The predicted octanol–water partition coefficient (Wildman–Crippen LogP) is 3.51. The van der Waals surface area contributed by atoms with Crippen molar-refractivity contribution < 1.29 is 13.9 Å². The van der Waals surface area contributed by atoms with Gasteiger partial charge in [0.2, 0.25) is 5.91 Å². The SMILES string of the molecule is COc1ccc(CC(=O)NCC(c2ccco2)N2CCN(c3ccccc3)CC2)cc1. The molecule has 2 aromatic carbocycles. The van der Waals surface area contributed by atoms with E-state index in [0.29, 0.717) is 13.0 Å². The molecule has 6 nitrogen and oxygen atoms in total. The largest absolute Gasteiger partial charge is 0.497 e. The Kier molecular flexibility index (Phi) is 6.89. The molecule has 0 aliphatic carbocycles. The van der Waals surface area contributed by atoms with Crippen LogP contribution in [0.25, 0.3) is 0 Å². The number of nitrogens with zero attached hydrogens (tertiary/aromatic N) is 2. The van der Waals surface area contributed by atoms with Gasteiger partial charge in [-0.25, -0.2) is 0 Å². The van der Waals surface area contributed by atoms with Gasteiger partial charge in [0.05, 0.1) is 25.8 Å². The van der Waals surface area contributed by atoms with Gasteiger partial charge in [-0.15, -0.1) is 0 Å². The Hall–Kier alpha value is -3.25. The molecule has 0 bridgehead atoms. The quantitative estimate of drug-likeness (QED) is 0.606. The van der Waals surface area contributed by atoms with E-state index in [2.05, 4.69) is 39.4 Å². The Morgan fingerprint density at radius 1 is 1.00 bits per heavy atom. The summed E-state index contributed by atoms with van der Waals surface area (Å²) in [4.78, 5) is 17.4. The molecule has 162 valence electrons. The van der Waals surface area contributed by atoms with Crippen LogP contribution in [0, 0.1) is 0 Å². The zero-order chi connectivity index (χ0) is 21.5. The molecule has 2 heterocycles. The number of methoxy groups -OCH3 is 1. The molecule has 0 radical (unpaired) electrons. The van der Waals surface area contributed by atoms with Gasteiger partial charge in [0.15, 0.2) is 0 Å². The highest BCUT2D eigenvalue weighted by atomic mass is 16.5. The van der Waals surface area contributed by atoms with Crippen LogP contribution < -0.4 is 15.0 Å². The molecule has 4 rings (SSSR count). The number of ether oxygens (including phenoxy) is 1. The van der Waals surface area contributed by atoms with Crippen molar-refractivity contribution in [1.29, 1.82) is 0 Å². The molecular weight excluding hydrogens is 390 g/mol. The molecule has 3 aromatic rings. The van der Waals surface area contributed by atoms with Crippen LogP contribution >= 0.6 is 0 Å². The third-order valence-electron chi connectivity index (χ3n) is 5.76. The predicted molar refractivity (Wildman–Crippen MR) is 121 cm³/mol. The number of piperazine rings is 1. The fourth-order valence-electron chi connectivity index (χ4n) is 4.02. The average Bonchev–Trinajstić information content (AvgIpc) is 3.35. The van der Waals surface area contributed by atoms with Crippen LogP contribution in [0.4, 0.5) is 5.69 Å². The van der Waals surface area contributed by atoms with Crippen molar-refractivity contribution in [3.05, 3.63) is 84.3 Å². The van der Waals surface area contributed by atoms with E-state index in [-0.39, 0.29) is 11.9 Å². The molecule has 1 aromatic heterocycles. The minimum atomic E-state index is 0.00430. The lowest BCUT2D eigenvalue weighted by Gasteiger charge is -2.39. The third kappa shape index (κ3) is 5.47. The van der Waals surface area contributed by atoms with Gasteiger partial charge in [-0.05, 0) is 42.0 Å². The van der Waals surface area contributed by atoms with Gasteiger partial charge in [-0.2, -0.15) is 0 Å². The van der Waals surface area contributed by atoms with Crippen LogP contribution in [0.1, 0.15) is 17.4 Å². The molecule has 1 fully saturated rings. The smallest absolute Gasteiger partial charge is 0.224 e. The fourth-order valence-corrected chi connectivity index (χ4v) is 4.02. The summed E-state index contributed by atoms with van der Waals surface area (Å²) in [6, 6.07) is 22.0. The molecule has 0 spiro atoms. The monoisotopic (exact) mass is 419 g/mol. The van der Waals surface area contributed by atoms with Crippen LogP contribution in [0.15, 0.2) is 77.4 Å². The number of rotatable bonds is 8. The molecular formula is C25H29N3O3. The summed E-state index contributed by atoms with van der Waals surface area (Å²) in [6.45, 7) is 4.24. The van der Waals surface area contributed by atoms with Crippen molar-refractivity contribution in [2.24, 2.45) is 0 Å². The Labute approximate surface area is 183 Å². The summed E-state index contributed by atoms with van der Waals surface area (Å²) in [5.74, 6) is 1.68. The highest BCUT2D eigenvalue weighted by molar-refractivity contribution is 5.78. The van der Waals surface area contributed by atoms with E-state index >= 15 is 0 Å². The number of furan rings is 1. The molecule has 1 amide bonds. The molecule has 1 N–H and O–H groups in total. The number of carbonyl (C=O) groups excluding carboxylic acids is 1. The number of hydrogen-bond acceptors (Lipinski definition) is 5. The number of nitrogens with one attached hydrogen (secondary N) is 1. The Morgan fingerprint density at radius 2 is 1.74 bits per heavy atom. The number of para-hydroxylation sites is 1. The standard InChI is InChI=1S/C25H29N3O3/c1-30-22-11-9-20(10-12-22)18-25(29)26-19-23(24-8-5-17-31-24)28-15-13-27(14-16-28)21-6-3-2-4-7-21/h2-12,17,23H,13-16,18-19H2,1H3,(H,26,29). The highest BCUT2D eigenvalue weighted by Crippen LogP contribution is 2.24. The number of carbonyl (C=O) groups is 1. The fraction of sp³-hybridized carbons (Fsp3) is 0.320. The van der Waals surface area contributed by atoms with Crippen molar-refractivity contribution in [3.63, 3.8) is 0 Å². The van der Waals surface area contributed by atoms with Gasteiger partial charge in [-0.3, -0.25) is 9.69 Å². The molecule has 1 aliphatic heterocycles. The van der Waals surface area contributed by atoms with Gasteiger partial charge >= 0.3 is 0 Å². The van der Waals surface area contributed by atoms with E-state index in [4.69, 9.17) is 9.15 Å². The van der Waals surface area contributed by atoms with E-state index < -0.39 is 0 Å². The van der Waals surface area contributed by atoms with Crippen LogP contribution in [-0.4, -0.2) is 50.6 Å². The number of amides is 1. The van der Waals surface area contributed by atoms with Crippen LogP contribution in [-0.2, 0) is 11.2 Å². The minimum Gasteiger partial charge on any atom is -0.497 e. The normalized spacial score (nSPS) is 15.5. The van der Waals surface area contributed by atoms with Crippen LogP contribution in [0.2, 0.25) is 0 Å². The van der Waals surface area contributed by atoms with E-state index in [0.717, 1.165) is 43.3 Å². The zero-order valence-electron chi connectivity index (χ0n) is 17.9. The Balaban J connectivity index is 1.34. The summed E-state index contributed by atoms with van der Waals surface area (Å²) < 4.78 is 10.9. The van der Waals surface area contributed by atoms with E-state index in [1.807, 2.05) is 42.5 Å². The molecule has 1 aliphatic rings. The summed E-state index contributed by atoms with van der Waals surface area (Å²) in [6.07, 6.45) is 2.04. The summed E-state index contributed by atoms with van der Waals surface area (Å²) in [5, 5.41) is 3.10. The maximum atomic E-state index is 12.6. The molecule has 1 atom stereocenters. The number of benzene rings is 2. The molecule has 1 unspecified atom stereocenters. The first-order valence-electron chi connectivity index (χ1n) is 10.7. The molecule has 6 heteroatoms. The average molecular weight is 420 g/mol. The maximum Gasteiger partial charge on any atom is 0.224 e. The summed E-state index contributed by atoms with van der Waals surface area (Å²) >= 11 is 0. The highest BCUT2D eigenvalue weighted by Gasteiger charge is 2.27. The first-order chi connectivity index (χ1) is 15.2. The lowest BCUT2D eigenvalue weighted by molar-refractivity contribution is -0.120. The summed E-state index contributed by atoms with van der Waals surface area (Å²) in [5.41, 5.74) is 2.22. The summed E-state index contributed by atoms with van der Waals surface area (Å²) in [7, 11) is 1.64. The van der Waals surface area contributed by atoms with Crippen molar-refractivity contribution in [1.82, 2.24) is 10.2 Å². The second kappa shape index (κ2) is 10.2. The topological polar surface area (TPSA) is 58.0 Å². The van der Waals surface area contributed by atoms with Gasteiger partial charge in [-0.1, -0.05) is 30.3 Å². The van der Waals surface area contributed by atoms with E-state index in [9.17, 15) is 4.79 Å². The minimum absolute atomic E-state index is 0.00430. The van der Waals surface area contributed by atoms with Gasteiger partial charge in [0, 0.05) is 38.4 Å². The third-order valence-corrected chi connectivity index (χ3v) is 5.76. The van der Waals surface area contributed by atoms with Gasteiger partial charge in [0.25, 0.3) is 0 Å². The second-order valence-electron chi connectivity index (χ2n) is 7.72. The van der Waals surface area contributed by atoms with Gasteiger partial charge in [0.1, 0.15) is 11.5 Å². The lowest BCUT2D eigenvalue weighted by Crippen LogP contribution is -2.50. The van der Waals surface area contributed by atoms with E-state index in [1.54, 1.807) is 13.4 Å². The van der Waals surface area contributed by atoms with Gasteiger partial charge < -0.3 is 19.4 Å². The Morgan fingerprint density at radius 3 is 2.39 bits per heavy atom. The molecule has 1 saturated heterocycles. The maximum absolute atomic E-state index is 12.6. The van der Waals surface area contributed by atoms with Crippen molar-refractivity contribution in [2.75, 3.05) is 44.7 Å². The van der Waals surface area contributed by atoms with E-state index in [1.165, 1.54) is 5.69 Å². The number of anilines is 1. The van der Waals surface area contributed by atoms with Crippen molar-refractivity contribution >= 4 is 11.6 Å². The Bertz CT molecular complexity index is 934. The van der Waals surface area contributed by atoms with Crippen LogP contribution in [0.3, 0.4) is 0 Å². The lowest BCUT2D eigenvalue weighted by atomic mass is 10.1.